The quantitative estimate of drug-likeness (QED) is 0.863. The van der Waals surface area contributed by atoms with Crippen molar-refractivity contribution < 1.29 is 19.4 Å². The normalized spacial score (nSPS) is 23.8. The molecule has 118 valence electrons. The van der Waals surface area contributed by atoms with E-state index in [1.54, 1.807) is 4.90 Å². The molecule has 1 heterocycles. The summed E-state index contributed by atoms with van der Waals surface area (Å²) in [7, 11) is 0. The van der Waals surface area contributed by atoms with Crippen LogP contribution >= 0.6 is 0 Å². The van der Waals surface area contributed by atoms with E-state index in [9.17, 15) is 9.90 Å². The van der Waals surface area contributed by atoms with E-state index < -0.39 is 23.5 Å². The smallest absolute Gasteiger partial charge is 0.412 e. The summed E-state index contributed by atoms with van der Waals surface area (Å²) < 4.78 is 11.1. The molecule has 1 fully saturated rings. The number of carbonyl (C=O) groups is 1. The highest BCUT2D eigenvalue weighted by molar-refractivity contribution is 5.69. The molecule has 0 saturated carbocycles. The molecule has 0 radical (unpaired) electrons. The SMILES string of the molecule is CCCCC(O)C1COC(C)(C)N1C(=O)OC(C)(C)C. The van der Waals surface area contributed by atoms with Crippen LogP contribution in [-0.4, -0.2) is 46.2 Å². The molecule has 0 aromatic carbocycles. The first-order chi connectivity index (χ1) is 9.08. The Morgan fingerprint density at radius 1 is 1.50 bits per heavy atom. The number of carbonyl (C=O) groups excluding carboxylic acids is 1. The lowest BCUT2D eigenvalue weighted by Crippen LogP contribution is -2.53. The maximum atomic E-state index is 12.4. The van der Waals surface area contributed by atoms with Gasteiger partial charge in [-0.3, -0.25) is 4.90 Å². The second-order valence-corrected chi connectivity index (χ2v) is 6.89. The lowest BCUT2D eigenvalue weighted by molar-refractivity contribution is -0.0681. The van der Waals surface area contributed by atoms with Crippen molar-refractivity contribution in [3.05, 3.63) is 0 Å². The first-order valence-corrected chi connectivity index (χ1v) is 7.43. The monoisotopic (exact) mass is 287 g/mol. The zero-order valence-electron chi connectivity index (χ0n) is 13.6. The van der Waals surface area contributed by atoms with Gasteiger partial charge in [0, 0.05) is 0 Å². The Morgan fingerprint density at radius 2 is 2.10 bits per heavy atom. The minimum absolute atomic E-state index is 0.341. The minimum atomic E-state index is -0.750. The maximum absolute atomic E-state index is 12.4. The molecule has 1 aliphatic heterocycles. The lowest BCUT2D eigenvalue weighted by Gasteiger charge is -2.36. The van der Waals surface area contributed by atoms with Gasteiger partial charge in [-0.2, -0.15) is 0 Å². The van der Waals surface area contributed by atoms with Gasteiger partial charge in [-0.1, -0.05) is 19.8 Å². The van der Waals surface area contributed by atoms with Crippen molar-refractivity contribution in [3.63, 3.8) is 0 Å². The number of hydrogen-bond acceptors (Lipinski definition) is 4. The minimum Gasteiger partial charge on any atom is -0.444 e. The molecule has 0 aromatic rings. The van der Waals surface area contributed by atoms with E-state index in [0.29, 0.717) is 13.0 Å². The Bertz CT molecular complexity index is 335. The van der Waals surface area contributed by atoms with Crippen molar-refractivity contribution in [2.45, 2.75) is 84.3 Å². The van der Waals surface area contributed by atoms with Crippen LogP contribution in [0.3, 0.4) is 0 Å². The number of aliphatic hydroxyl groups is 1. The molecule has 5 nitrogen and oxygen atoms in total. The Labute approximate surface area is 122 Å². The van der Waals surface area contributed by atoms with E-state index in [1.807, 2.05) is 34.6 Å². The summed E-state index contributed by atoms with van der Waals surface area (Å²) in [5, 5.41) is 10.3. The zero-order chi connectivity index (χ0) is 15.6. The van der Waals surface area contributed by atoms with Crippen LogP contribution in [0, 0.1) is 0 Å². The zero-order valence-corrected chi connectivity index (χ0v) is 13.6. The van der Waals surface area contributed by atoms with Gasteiger partial charge in [0.25, 0.3) is 0 Å². The Balaban J connectivity index is 2.82. The van der Waals surface area contributed by atoms with Gasteiger partial charge in [-0.05, 0) is 41.0 Å². The molecule has 2 atom stereocenters. The van der Waals surface area contributed by atoms with Crippen molar-refractivity contribution in [2.75, 3.05) is 6.61 Å². The summed E-state index contributed by atoms with van der Waals surface area (Å²) in [6.07, 6.45) is 1.60. The third kappa shape index (κ3) is 4.35. The maximum Gasteiger partial charge on any atom is 0.412 e. The molecule has 5 heteroatoms. The molecule has 1 saturated heterocycles. The molecule has 2 unspecified atom stereocenters. The van der Waals surface area contributed by atoms with Gasteiger partial charge < -0.3 is 14.6 Å². The molecule has 0 aromatic heterocycles. The van der Waals surface area contributed by atoms with Crippen LogP contribution in [0.4, 0.5) is 4.79 Å². The predicted octanol–water partition coefficient (Wildman–Crippen LogP) is 2.91. The molecule has 1 aliphatic rings. The fraction of sp³-hybridized carbons (Fsp3) is 0.933. The van der Waals surface area contributed by atoms with Crippen LogP contribution in [0.1, 0.15) is 60.8 Å². The van der Waals surface area contributed by atoms with Crippen LogP contribution in [0.2, 0.25) is 0 Å². The highest BCUT2D eigenvalue weighted by Crippen LogP contribution is 2.31. The molecular weight excluding hydrogens is 258 g/mol. The first-order valence-electron chi connectivity index (χ1n) is 7.43. The summed E-state index contributed by atoms with van der Waals surface area (Å²) in [5.41, 5.74) is -1.31. The molecule has 0 aliphatic carbocycles. The number of rotatable bonds is 4. The van der Waals surface area contributed by atoms with E-state index in [2.05, 4.69) is 6.92 Å². The van der Waals surface area contributed by atoms with Crippen LogP contribution in [0.15, 0.2) is 0 Å². The molecule has 0 spiro atoms. The van der Waals surface area contributed by atoms with Gasteiger partial charge in [-0.15, -0.1) is 0 Å². The second-order valence-electron chi connectivity index (χ2n) is 6.89. The first kappa shape index (κ1) is 17.2. The van der Waals surface area contributed by atoms with E-state index in [4.69, 9.17) is 9.47 Å². The summed E-state index contributed by atoms with van der Waals surface area (Å²) >= 11 is 0. The Hall–Kier alpha value is -0.810. The van der Waals surface area contributed by atoms with E-state index in [-0.39, 0.29) is 6.04 Å². The number of nitrogens with zero attached hydrogens (tertiary/aromatic N) is 1. The Kier molecular flexibility index (Phi) is 5.44. The van der Waals surface area contributed by atoms with Gasteiger partial charge in [0.05, 0.1) is 18.8 Å². The van der Waals surface area contributed by atoms with Gasteiger partial charge in [-0.25, -0.2) is 4.79 Å². The molecule has 20 heavy (non-hydrogen) atoms. The molecular formula is C15H29NO4. The standard InChI is InChI=1S/C15H29NO4/c1-7-8-9-12(17)11-10-19-15(5,6)16(11)13(18)20-14(2,3)4/h11-12,17H,7-10H2,1-6H3. The summed E-state index contributed by atoms with van der Waals surface area (Å²) in [5.74, 6) is 0. The molecule has 1 amide bonds. The van der Waals surface area contributed by atoms with Crippen molar-refractivity contribution in [1.82, 2.24) is 4.90 Å². The van der Waals surface area contributed by atoms with Gasteiger partial charge in [0.15, 0.2) is 0 Å². The Morgan fingerprint density at radius 3 is 2.60 bits per heavy atom. The van der Waals surface area contributed by atoms with Crippen LogP contribution in [0.5, 0.6) is 0 Å². The largest absolute Gasteiger partial charge is 0.444 e. The van der Waals surface area contributed by atoms with Crippen LogP contribution < -0.4 is 0 Å². The van der Waals surface area contributed by atoms with Crippen molar-refractivity contribution in [3.8, 4) is 0 Å². The van der Waals surface area contributed by atoms with Crippen molar-refractivity contribution in [2.24, 2.45) is 0 Å². The summed E-state index contributed by atoms with van der Waals surface area (Å²) in [6, 6.07) is -0.341. The average molecular weight is 287 g/mol. The third-order valence-corrected chi connectivity index (χ3v) is 3.41. The number of aliphatic hydroxyl groups excluding tert-OH is 1. The highest BCUT2D eigenvalue weighted by atomic mass is 16.6. The molecule has 1 rings (SSSR count). The summed E-state index contributed by atoms with van der Waals surface area (Å²) in [4.78, 5) is 13.9. The van der Waals surface area contributed by atoms with E-state index >= 15 is 0 Å². The lowest BCUT2D eigenvalue weighted by atomic mass is 10.0. The second kappa shape index (κ2) is 6.31. The average Bonchev–Trinajstić information content (AvgIpc) is 2.59. The summed E-state index contributed by atoms with van der Waals surface area (Å²) in [6.45, 7) is 11.6. The van der Waals surface area contributed by atoms with Crippen LogP contribution in [0.25, 0.3) is 0 Å². The van der Waals surface area contributed by atoms with Crippen molar-refractivity contribution >= 4 is 6.09 Å². The molecule has 1 N–H and O–H groups in total. The van der Waals surface area contributed by atoms with Crippen LogP contribution in [-0.2, 0) is 9.47 Å². The molecule has 0 bridgehead atoms. The number of hydrogen-bond donors (Lipinski definition) is 1. The third-order valence-electron chi connectivity index (χ3n) is 3.41. The van der Waals surface area contributed by atoms with E-state index in [0.717, 1.165) is 12.8 Å². The number of amides is 1. The fourth-order valence-corrected chi connectivity index (χ4v) is 2.39. The van der Waals surface area contributed by atoms with Gasteiger partial charge in [0.1, 0.15) is 11.3 Å². The van der Waals surface area contributed by atoms with Crippen molar-refractivity contribution in [1.29, 1.82) is 0 Å². The number of ether oxygens (including phenoxy) is 2. The van der Waals surface area contributed by atoms with Gasteiger partial charge in [0.2, 0.25) is 0 Å². The van der Waals surface area contributed by atoms with E-state index in [1.165, 1.54) is 0 Å². The topological polar surface area (TPSA) is 59.0 Å². The van der Waals surface area contributed by atoms with Gasteiger partial charge >= 0.3 is 6.09 Å². The number of unbranched alkanes of at least 4 members (excludes halogenated alkanes) is 1. The predicted molar refractivity (Wildman–Crippen MR) is 77.4 cm³/mol. The highest BCUT2D eigenvalue weighted by Gasteiger charge is 2.48. The fourth-order valence-electron chi connectivity index (χ4n) is 2.39.